The summed E-state index contributed by atoms with van der Waals surface area (Å²) in [4.78, 5) is 12.7. The van der Waals surface area contributed by atoms with Gasteiger partial charge in [-0.3, -0.25) is 4.57 Å². The van der Waals surface area contributed by atoms with E-state index in [1.54, 1.807) is 0 Å². The molecule has 2 aromatic carbocycles. The number of aromatic nitrogens is 4. The lowest BCUT2D eigenvalue weighted by atomic mass is 10.0. The molecule has 1 fully saturated rings. The predicted molar refractivity (Wildman–Crippen MR) is 128 cm³/mol. The molecule has 0 aliphatic carbocycles. The highest BCUT2D eigenvalue weighted by Gasteiger charge is 2.45. The minimum atomic E-state index is -1.31. The molecule has 35 heavy (non-hydrogen) atoms. The topological polar surface area (TPSA) is 172 Å². The van der Waals surface area contributed by atoms with Crippen molar-refractivity contribution in [3.8, 4) is 11.1 Å². The molecule has 5 rings (SSSR count). The zero-order chi connectivity index (χ0) is 24.5. The van der Waals surface area contributed by atoms with E-state index in [0.29, 0.717) is 23.7 Å². The van der Waals surface area contributed by atoms with Crippen molar-refractivity contribution in [1.82, 2.24) is 19.5 Å². The van der Waals surface area contributed by atoms with Gasteiger partial charge in [-0.1, -0.05) is 42.5 Å². The Hall–Kier alpha value is -3.61. The predicted octanol–water partition coefficient (Wildman–Crippen LogP) is 0.791. The monoisotopic (exact) mass is 478 g/mol. The minimum Gasteiger partial charge on any atom is -0.394 e. The number of fused-ring (bicyclic) bond motifs is 1. The van der Waals surface area contributed by atoms with Crippen molar-refractivity contribution in [2.75, 3.05) is 17.7 Å². The van der Waals surface area contributed by atoms with Crippen LogP contribution in [0.4, 0.5) is 11.8 Å². The highest BCUT2D eigenvalue weighted by atomic mass is 16.6. The van der Waals surface area contributed by atoms with E-state index >= 15 is 0 Å². The van der Waals surface area contributed by atoms with E-state index in [1.807, 2.05) is 48.5 Å². The molecular formula is C24H26N6O5. The number of hydrogen-bond donors (Lipinski definition) is 6. The summed E-state index contributed by atoms with van der Waals surface area (Å²) in [6.45, 7) is -0.0710. The van der Waals surface area contributed by atoms with Crippen molar-refractivity contribution >= 4 is 22.9 Å². The van der Waals surface area contributed by atoms with Gasteiger partial charge < -0.3 is 36.2 Å². The number of hydrogen-bond acceptors (Lipinski definition) is 10. The summed E-state index contributed by atoms with van der Waals surface area (Å²) < 4.78 is 7.24. The number of nitrogens with zero attached hydrogens (tertiary/aromatic N) is 4. The smallest absolute Gasteiger partial charge is 0.207 e. The first kappa shape index (κ1) is 23.1. The third kappa shape index (κ3) is 4.31. The summed E-state index contributed by atoms with van der Waals surface area (Å²) in [7, 11) is 0. The van der Waals surface area contributed by atoms with Crippen LogP contribution in [-0.4, -0.2) is 64.9 Å². The lowest BCUT2D eigenvalue weighted by Crippen LogP contribution is -2.33. The Morgan fingerprint density at radius 1 is 0.971 bits per heavy atom. The Labute approximate surface area is 200 Å². The van der Waals surface area contributed by atoms with Crippen LogP contribution in [0.2, 0.25) is 0 Å². The van der Waals surface area contributed by atoms with Gasteiger partial charge in [-0.05, 0) is 28.3 Å². The molecule has 0 amide bonds. The summed E-state index contributed by atoms with van der Waals surface area (Å²) in [6.07, 6.45) is -3.28. The molecule has 4 atom stereocenters. The molecular weight excluding hydrogens is 452 g/mol. The highest BCUT2D eigenvalue weighted by molar-refractivity contribution is 5.84. The van der Waals surface area contributed by atoms with Crippen LogP contribution >= 0.6 is 0 Å². The Bertz CT molecular complexity index is 1330. The van der Waals surface area contributed by atoms with Crippen molar-refractivity contribution in [1.29, 1.82) is 0 Å². The zero-order valence-corrected chi connectivity index (χ0v) is 18.7. The van der Waals surface area contributed by atoms with Gasteiger partial charge in [0.1, 0.15) is 24.6 Å². The first-order chi connectivity index (χ1) is 17.0. The second-order valence-corrected chi connectivity index (χ2v) is 8.37. The molecule has 2 aromatic heterocycles. The maximum absolute atomic E-state index is 10.6. The van der Waals surface area contributed by atoms with Gasteiger partial charge >= 0.3 is 0 Å². The normalized spacial score (nSPS) is 22.1. The average molecular weight is 479 g/mol. The number of anilines is 2. The maximum Gasteiger partial charge on any atom is 0.207 e. The third-order valence-corrected chi connectivity index (χ3v) is 6.12. The van der Waals surface area contributed by atoms with Crippen LogP contribution in [0.25, 0.3) is 22.3 Å². The molecule has 4 aromatic rings. The first-order valence-electron chi connectivity index (χ1n) is 11.1. The number of benzene rings is 2. The van der Waals surface area contributed by atoms with Crippen LogP contribution in [0.5, 0.6) is 0 Å². The van der Waals surface area contributed by atoms with E-state index in [0.717, 1.165) is 22.3 Å². The Morgan fingerprint density at radius 2 is 1.77 bits per heavy atom. The van der Waals surface area contributed by atoms with Gasteiger partial charge in [0.15, 0.2) is 23.2 Å². The van der Waals surface area contributed by atoms with Crippen molar-refractivity contribution in [2.24, 2.45) is 0 Å². The quantitative estimate of drug-likeness (QED) is 0.223. The van der Waals surface area contributed by atoms with Crippen LogP contribution in [0.1, 0.15) is 17.4 Å². The fourth-order valence-electron chi connectivity index (χ4n) is 4.23. The van der Waals surface area contributed by atoms with Crippen LogP contribution in [0.15, 0.2) is 54.9 Å². The fourth-order valence-corrected chi connectivity index (χ4v) is 4.23. The number of nitrogen functional groups attached to an aromatic ring is 1. The first-order valence-corrected chi connectivity index (χ1v) is 11.1. The molecule has 0 radical (unpaired) electrons. The molecule has 2 unspecified atom stereocenters. The van der Waals surface area contributed by atoms with Gasteiger partial charge in [-0.2, -0.15) is 0 Å². The van der Waals surface area contributed by atoms with E-state index in [4.69, 9.17) is 10.5 Å². The molecule has 11 nitrogen and oxygen atoms in total. The third-order valence-electron chi connectivity index (χ3n) is 6.12. The molecule has 1 aliphatic heterocycles. The summed E-state index contributed by atoms with van der Waals surface area (Å²) >= 11 is 0. The number of nitrogens with two attached hydrogens (primary N) is 1. The summed E-state index contributed by atoms with van der Waals surface area (Å²) in [5, 5.41) is 42.9. The van der Waals surface area contributed by atoms with Gasteiger partial charge in [0.25, 0.3) is 0 Å². The van der Waals surface area contributed by atoms with E-state index in [-0.39, 0.29) is 12.4 Å². The lowest BCUT2D eigenvalue weighted by Gasteiger charge is -2.19. The molecule has 1 aliphatic rings. The van der Waals surface area contributed by atoms with Crippen LogP contribution < -0.4 is 11.1 Å². The van der Waals surface area contributed by atoms with Crippen LogP contribution in [0.3, 0.4) is 0 Å². The number of aliphatic hydroxyl groups is 4. The molecule has 0 saturated carbocycles. The minimum absolute atomic E-state index is 0.0127. The van der Waals surface area contributed by atoms with Crippen LogP contribution in [0, 0.1) is 0 Å². The zero-order valence-electron chi connectivity index (χ0n) is 18.7. The second kappa shape index (κ2) is 9.56. The summed E-state index contributed by atoms with van der Waals surface area (Å²) in [5.41, 5.74) is 10.5. The summed E-state index contributed by atoms with van der Waals surface area (Å²) in [6, 6.07) is 15.6. The Balaban J connectivity index is 1.41. The molecule has 3 heterocycles. The van der Waals surface area contributed by atoms with Gasteiger partial charge in [0, 0.05) is 6.54 Å². The fraction of sp³-hybridized carbons (Fsp3) is 0.292. The van der Waals surface area contributed by atoms with E-state index < -0.39 is 31.1 Å². The lowest BCUT2D eigenvalue weighted by molar-refractivity contribution is -0.0501. The molecule has 11 heteroatoms. The SMILES string of the molecule is Nc1ncnc2c1nc(NCc1ccc(-c3cccc(CO)c3)cc1)n2[C@@H]1O[C@H](CO)C(O)C1O. The average Bonchev–Trinajstić information content (AvgIpc) is 3.40. The van der Waals surface area contributed by atoms with E-state index in [2.05, 4.69) is 20.3 Å². The maximum atomic E-state index is 10.6. The van der Waals surface area contributed by atoms with Gasteiger partial charge in [-0.25, -0.2) is 15.0 Å². The van der Waals surface area contributed by atoms with E-state index in [1.165, 1.54) is 10.9 Å². The summed E-state index contributed by atoms with van der Waals surface area (Å²) in [5.74, 6) is 0.486. The van der Waals surface area contributed by atoms with Gasteiger partial charge in [-0.15, -0.1) is 0 Å². The Kier molecular flexibility index (Phi) is 6.32. The number of ether oxygens (including phenoxy) is 1. The molecule has 1 saturated heterocycles. The molecule has 7 N–H and O–H groups in total. The van der Waals surface area contributed by atoms with Crippen LogP contribution in [-0.2, 0) is 17.9 Å². The van der Waals surface area contributed by atoms with Crippen molar-refractivity contribution in [3.05, 3.63) is 66.0 Å². The number of rotatable bonds is 7. The Morgan fingerprint density at radius 3 is 2.49 bits per heavy atom. The highest BCUT2D eigenvalue weighted by Crippen LogP contribution is 2.35. The number of aliphatic hydroxyl groups excluding tert-OH is 4. The van der Waals surface area contributed by atoms with Gasteiger partial charge in [0.05, 0.1) is 13.2 Å². The molecule has 0 bridgehead atoms. The molecule has 182 valence electrons. The standard InChI is InChI=1S/C24H26N6O5/c25-21-18-22(28-12-27-21)30(23-20(34)19(33)17(11-32)35-23)24(29-18)26-9-13-4-6-15(7-5-13)16-3-1-2-14(8-16)10-31/h1-8,12,17,19-20,23,31-34H,9-11H2,(H,26,29)(H2,25,27,28)/t17-,19?,20?,23-/m1/s1. The van der Waals surface area contributed by atoms with Crippen molar-refractivity contribution < 1.29 is 25.2 Å². The van der Waals surface area contributed by atoms with Crippen molar-refractivity contribution in [3.63, 3.8) is 0 Å². The number of imidazole rings is 1. The largest absolute Gasteiger partial charge is 0.394 e. The second-order valence-electron chi connectivity index (χ2n) is 8.37. The van der Waals surface area contributed by atoms with E-state index in [9.17, 15) is 20.4 Å². The number of nitrogens with one attached hydrogen (secondary N) is 1. The molecule has 0 spiro atoms. The van der Waals surface area contributed by atoms with Crippen molar-refractivity contribution in [2.45, 2.75) is 37.7 Å². The van der Waals surface area contributed by atoms with Gasteiger partial charge in [0.2, 0.25) is 5.95 Å².